The van der Waals surface area contributed by atoms with E-state index in [-0.39, 0.29) is 5.91 Å². The summed E-state index contributed by atoms with van der Waals surface area (Å²) in [4.78, 5) is 11.8. The third-order valence-electron chi connectivity index (χ3n) is 4.11. The number of aryl methyl sites for hydroxylation is 1. The van der Waals surface area contributed by atoms with Crippen molar-refractivity contribution in [1.82, 2.24) is 10.6 Å². The molecule has 110 valence electrons. The molecule has 1 heterocycles. The maximum Gasteiger partial charge on any atom is 0.220 e. The van der Waals surface area contributed by atoms with E-state index in [2.05, 4.69) is 41.8 Å². The Labute approximate surface area is 122 Å². The molecule has 1 aliphatic heterocycles. The Bertz CT molecular complexity index is 408. The zero-order valence-electron chi connectivity index (χ0n) is 12.5. The number of hydrogen-bond acceptors (Lipinski definition) is 2. The van der Waals surface area contributed by atoms with Crippen LogP contribution in [-0.2, 0) is 17.6 Å². The SMILES string of the molecule is CCc1ccc(CCNC(=O)CCC2CCNC2)cc1. The van der Waals surface area contributed by atoms with E-state index in [4.69, 9.17) is 0 Å². The smallest absolute Gasteiger partial charge is 0.220 e. The van der Waals surface area contributed by atoms with Gasteiger partial charge in [0.05, 0.1) is 0 Å². The average molecular weight is 274 g/mol. The molecule has 1 aromatic rings. The maximum atomic E-state index is 11.8. The molecule has 0 bridgehead atoms. The number of amides is 1. The van der Waals surface area contributed by atoms with E-state index in [9.17, 15) is 4.79 Å². The van der Waals surface area contributed by atoms with Crippen molar-refractivity contribution in [2.24, 2.45) is 5.92 Å². The number of rotatable bonds is 7. The number of benzene rings is 1. The van der Waals surface area contributed by atoms with Crippen molar-refractivity contribution in [3.63, 3.8) is 0 Å². The molecule has 1 unspecified atom stereocenters. The molecule has 2 N–H and O–H groups in total. The van der Waals surface area contributed by atoms with Gasteiger partial charge in [-0.15, -0.1) is 0 Å². The molecule has 1 saturated heterocycles. The number of carbonyl (C=O) groups excluding carboxylic acids is 1. The Morgan fingerprint density at radius 3 is 2.70 bits per heavy atom. The molecule has 2 rings (SSSR count). The molecule has 1 fully saturated rings. The first-order valence-electron chi connectivity index (χ1n) is 7.83. The van der Waals surface area contributed by atoms with E-state index in [0.29, 0.717) is 12.3 Å². The summed E-state index contributed by atoms with van der Waals surface area (Å²) in [7, 11) is 0. The number of hydrogen-bond donors (Lipinski definition) is 2. The summed E-state index contributed by atoms with van der Waals surface area (Å²) >= 11 is 0. The lowest BCUT2D eigenvalue weighted by molar-refractivity contribution is -0.121. The highest BCUT2D eigenvalue weighted by Gasteiger charge is 2.15. The molecule has 3 heteroatoms. The summed E-state index contributed by atoms with van der Waals surface area (Å²) in [6.45, 7) is 5.10. The van der Waals surface area contributed by atoms with Crippen LogP contribution < -0.4 is 10.6 Å². The van der Waals surface area contributed by atoms with Crippen LogP contribution in [0.5, 0.6) is 0 Å². The van der Waals surface area contributed by atoms with Gasteiger partial charge in [0.25, 0.3) is 0 Å². The topological polar surface area (TPSA) is 41.1 Å². The van der Waals surface area contributed by atoms with Crippen LogP contribution in [-0.4, -0.2) is 25.5 Å². The van der Waals surface area contributed by atoms with Gasteiger partial charge in [-0.25, -0.2) is 0 Å². The van der Waals surface area contributed by atoms with Gasteiger partial charge in [-0.05, 0) is 55.8 Å². The maximum absolute atomic E-state index is 11.8. The van der Waals surface area contributed by atoms with E-state index in [1.54, 1.807) is 0 Å². The molecule has 0 radical (unpaired) electrons. The van der Waals surface area contributed by atoms with Crippen LogP contribution in [0.1, 0.15) is 37.3 Å². The van der Waals surface area contributed by atoms with E-state index < -0.39 is 0 Å². The Hall–Kier alpha value is -1.35. The van der Waals surface area contributed by atoms with Gasteiger partial charge in [-0.1, -0.05) is 31.2 Å². The van der Waals surface area contributed by atoms with Gasteiger partial charge < -0.3 is 10.6 Å². The molecular formula is C17H26N2O. The molecule has 0 spiro atoms. The highest BCUT2D eigenvalue weighted by atomic mass is 16.1. The second-order valence-corrected chi connectivity index (χ2v) is 5.67. The lowest BCUT2D eigenvalue weighted by Gasteiger charge is -2.09. The zero-order chi connectivity index (χ0) is 14.2. The molecule has 3 nitrogen and oxygen atoms in total. The second kappa shape index (κ2) is 8.05. The fourth-order valence-corrected chi connectivity index (χ4v) is 2.67. The van der Waals surface area contributed by atoms with Crippen molar-refractivity contribution >= 4 is 5.91 Å². The summed E-state index contributed by atoms with van der Waals surface area (Å²) in [5, 5.41) is 6.36. The molecule has 1 amide bonds. The largest absolute Gasteiger partial charge is 0.356 e. The molecule has 20 heavy (non-hydrogen) atoms. The van der Waals surface area contributed by atoms with Crippen molar-refractivity contribution in [2.75, 3.05) is 19.6 Å². The first kappa shape index (κ1) is 15.0. The Balaban J connectivity index is 1.60. The highest BCUT2D eigenvalue weighted by molar-refractivity contribution is 5.75. The lowest BCUT2D eigenvalue weighted by atomic mass is 10.0. The van der Waals surface area contributed by atoms with Gasteiger partial charge in [0.2, 0.25) is 5.91 Å². The third kappa shape index (κ3) is 4.97. The van der Waals surface area contributed by atoms with E-state index in [0.717, 1.165) is 38.9 Å². The predicted octanol–water partition coefficient (Wildman–Crippen LogP) is 2.30. The third-order valence-corrected chi connectivity index (χ3v) is 4.11. The van der Waals surface area contributed by atoms with Crippen molar-refractivity contribution in [3.05, 3.63) is 35.4 Å². The van der Waals surface area contributed by atoms with Crippen molar-refractivity contribution in [2.45, 2.75) is 39.0 Å². The molecule has 1 aromatic carbocycles. The molecule has 0 aromatic heterocycles. The highest BCUT2D eigenvalue weighted by Crippen LogP contribution is 2.13. The standard InChI is InChI=1S/C17H26N2O/c1-2-14-3-5-15(6-4-14)10-12-19-17(20)8-7-16-9-11-18-13-16/h3-6,16,18H,2,7-13H2,1H3,(H,19,20). The van der Waals surface area contributed by atoms with Gasteiger partial charge in [0.15, 0.2) is 0 Å². The summed E-state index contributed by atoms with van der Waals surface area (Å²) in [5.41, 5.74) is 2.66. The minimum Gasteiger partial charge on any atom is -0.356 e. The summed E-state index contributed by atoms with van der Waals surface area (Å²) in [6, 6.07) is 8.67. The summed E-state index contributed by atoms with van der Waals surface area (Å²) in [5.74, 6) is 0.893. The minimum atomic E-state index is 0.196. The Morgan fingerprint density at radius 2 is 2.05 bits per heavy atom. The molecule has 0 saturated carbocycles. The summed E-state index contributed by atoms with van der Waals surface area (Å²) < 4.78 is 0. The minimum absolute atomic E-state index is 0.196. The van der Waals surface area contributed by atoms with Crippen LogP contribution in [0.2, 0.25) is 0 Å². The van der Waals surface area contributed by atoms with Crippen molar-refractivity contribution < 1.29 is 4.79 Å². The summed E-state index contributed by atoms with van der Waals surface area (Å²) in [6.07, 6.45) is 4.90. The predicted molar refractivity (Wildman–Crippen MR) is 82.7 cm³/mol. The molecule has 1 aliphatic rings. The molecular weight excluding hydrogens is 248 g/mol. The van der Waals surface area contributed by atoms with Gasteiger partial charge in [-0.3, -0.25) is 4.79 Å². The lowest BCUT2D eigenvalue weighted by Crippen LogP contribution is -2.26. The Morgan fingerprint density at radius 1 is 1.30 bits per heavy atom. The molecule has 1 atom stereocenters. The van der Waals surface area contributed by atoms with Crippen LogP contribution >= 0.6 is 0 Å². The van der Waals surface area contributed by atoms with Crippen LogP contribution in [0.3, 0.4) is 0 Å². The van der Waals surface area contributed by atoms with E-state index >= 15 is 0 Å². The first-order chi connectivity index (χ1) is 9.78. The first-order valence-corrected chi connectivity index (χ1v) is 7.83. The average Bonchev–Trinajstić information content (AvgIpc) is 2.99. The van der Waals surface area contributed by atoms with Gasteiger partial charge >= 0.3 is 0 Å². The van der Waals surface area contributed by atoms with Crippen molar-refractivity contribution in [3.8, 4) is 0 Å². The fraction of sp³-hybridized carbons (Fsp3) is 0.588. The van der Waals surface area contributed by atoms with Crippen molar-refractivity contribution in [1.29, 1.82) is 0 Å². The van der Waals surface area contributed by atoms with Crippen LogP contribution in [0.4, 0.5) is 0 Å². The van der Waals surface area contributed by atoms with Crippen LogP contribution in [0, 0.1) is 5.92 Å². The zero-order valence-corrected chi connectivity index (χ0v) is 12.5. The Kier molecular flexibility index (Phi) is 6.06. The van der Waals surface area contributed by atoms with E-state index in [1.807, 2.05) is 0 Å². The number of nitrogens with one attached hydrogen (secondary N) is 2. The number of carbonyl (C=O) groups is 1. The van der Waals surface area contributed by atoms with Gasteiger partial charge in [0.1, 0.15) is 0 Å². The van der Waals surface area contributed by atoms with Crippen LogP contribution in [0.15, 0.2) is 24.3 Å². The van der Waals surface area contributed by atoms with Crippen LogP contribution in [0.25, 0.3) is 0 Å². The normalized spacial score (nSPS) is 18.1. The fourth-order valence-electron chi connectivity index (χ4n) is 2.67. The quantitative estimate of drug-likeness (QED) is 0.801. The molecule has 0 aliphatic carbocycles. The monoisotopic (exact) mass is 274 g/mol. The second-order valence-electron chi connectivity index (χ2n) is 5.67. The van der Waals surface area contributed by atoms with Gasteiger partial charge in [0, 0.05) is 13.0 Å². The van der Waals surface area contributed by atoms with E-state index in [1.165, 1.54) is 17.5 Å². The van der Waals surface area contributed by atoms with Gasteiger partial charge in [-0.2, -0.15) is 0 Å².